The number of anilines is 1. The maximum atomic E-state index is 12.6. The van der Waals surface area contributed by atoms with Gasteiger partial charge in [0, 0.05) is 30.6 Å². The van der Waals surface area contributed by atoms with Gasteiger partial charge in [-0.1, -0.05) is 30.3 Å². The summed E-state index contributed by atoms with van der Waals surface area (Å²) in [6, 6.07) is 15.9. The molecular formula is C21H18N2O4. The van der Waals surface area contributed by atoms with E-state index < -0.39 is 11.5 Å². The Morgan fingerprint density at radius 2 is 1.93 bits per heavy atom. The Hall–Kier alpha value is -3.41. The standard InChI is InChI=1S/C21H18N2O4/c24-19-9-4-10-23(19)13-14-5-3-7-16(11-14)22-20(25)17-12-15-6-1-2-8-18(15)27-21(17)26/h1-3,5-8,11-12H,4,9-10,13H2,(H,22,25). The molecule has 6 heteroatoms. The fraction of sp³-hybridized carbons (Fsp3) is 0.190. The summed E-state index contributed by atoms with van der Waals surface area (Å²) in [6.45, 7) is 1.27. The van der Waals surface area contributed by atoms with E-state index in [0.29, 0.717) is 29.6 Å². The van der Waals surface area contributed by atoms with Gasteiger partial charge in [0.15, 0.2) is 0 Å². The Bertz CT molecular complexity index is 1090. The molecule has 0 unspecified atom stereocenters. The van der Waals surface area contributed by atoms with Crippen LogP contribution in [0.5, 0.6) is 0 Å². The van der Waals surface area contributed by atoms with Gasteiger partial charge in [-0.25, -0.2) is 4.79 Å². The number of hydrogen-bond donors (Lipinski definition) is 1. The van der Waals surface area contributed by atoms with Crippen LogP contribution in [-0.4, -0.2) is 23.3 Å². The Morgan fingerprint density at radius 3 is 2.74 bits per heavy atom. The lowest BCUT2D eigenvalue weighted by molar-refractivity contribution is -0.128. The fourth-order valence-electron chi connectivity index (χ4n) is 3.26. The second-order valence-corrected chi connectivity index (χ2v) is 6.56. The number of amides is 2. The second kappa shape index (κ2) is 7.07. The van der Waals surface area contributed by atoms with Gasteiger partial charge in [0.25, 0.3) is 5.91 Å². The molecule has 27 heavy (non-hydrogen) atoms. The third-order valence-electron chi connectivity index (χ3n) is 4.62. The molecule has 0 aliphatic carbocycles. The number of benzene rings is 2. The van der Waals surface area contributed by atoms with Gasteiger partial charge in [0.1, 0.15) is 11.1 Å². The van der Waals surface area contributed by atoms with E-state index in [-0.39, 0.29) is 11.5 Å². The van der Waals surface area contributed by atoms with E-state index in [0.717, 1.165) is 18.5 Å². The Morgan fingerprint density at radius 1 is 1.07 bits per heavy atom. The lowest BCUT2D eigenvalue weighted by atomic mass is 10.1. The van der Waals surface area contributed by atoms with Crippen molar-refractivity contribution in [2.24, 2.45) is 0 Å². The maximum absolute atomic E-state index is 12.6. The van der Waals surface area contributed by atoms with E-state index in [2.05, 4.69) is 5.32 Å². The largest absolute Gasteiger partial charge is 0.422 e. The van der Waals surface area contributed by atoms with Crippen LogP contribution < -0.4 is 10.9 Å². The van der Waals surface area contributed by atoms with Crippen molar-refractivity contribution in [3.63, 3.8) is 0 Å². The van der Waals surface area contributed by atoms with Crippen LogP contribution in [0.2, 0.25) is 0 Å². The zero-order valence-corrected chi connectivity index (χ0v) is 14.6. The quantitative estimate of drug-likeness (QED) is 0.723. The predicted octanol–water partition coefficient (Wildman–Crippen LogP) is 3.17. The Labute approximate surface area is 155 Å². The first kappa shape index (κ1) is 17.0. The highest BCUT2D eigenvalue weighted by atomic mass is 16.4. The van der Waals surface area contributed by atoms with Crippen molar-refractivity contribution >= 4 is 28.5 Å². The molecule has 1 aliphatic heterocycles. The van der Waals surface area contributed by atoms with Gasteiger partial charge in [-0.2, -0.15) is 0 Å². The van der Waals surface area contributed by atoms with Crippen molar-refractivity contribution in [3.05, 3.63) is 76.1 Å². The van der Waals surface area contributed by atoms with Crippen molar-refractivity contribution in [2.45, 2.75) is 19.4 Å². The molecule has 2 aromatic carbocycles. The monoisotopic (exact) mass is 362 g/mol. The van der Waals surface area contributed by atoms with Crippen molar-refractivity contribution < 1.29 is 14.0 Å². The molecule has 0 spiro atoms. The van der Waals surface area contributed by atoms with Crippen LogP contribution in [0.4, 0.5) is 5.69 Å². The molecule has 1 fully saturated rings. The molecule has 1 N–H and O–H groups in total. The van der Waals surface area contributed by atoms with Crippen LogP contribution in [-0.2, 0) is 11.3 Å². The number of carbonyl (C=O) groups is 2. The van der Waals surface area contributed by atoms with E-state index in [1.807, 2.05) is 24.3 Å². The molecular weight excluding hydrogens is 344 g/mol. The molecule has 2 amide bonds. The number of nitrogens with zero attached hydrogens (tertiary/aromatic N) is 1. The third-order valence-corrected chi connectivity index (χ3v) is 4.62. The van der Waals surface area contributed by atoms with E-state index in [1.54, 1.807) is 29.2 Å². The fourth-order valence-corrected chi connectivity index (χ4v) is 3.26. The van der Waals surface area contributed by atoms with E-state index in [9.17, 15) is 14.4 Å². The van der Waals surface area contributed by atoms with Crippen LogP contribution in [0.25, 0.3) is 11.0 Å². The van der Waals surface area contributed by atoms with Crippen molar-refractivity contribution in [1.29, 1.82) is 0 Å². The average molecular weight is 362 g/mol. The molecule has 2 heterocycles. The molecule has 0 radical (unpaired) electrons. The minimum atomic E-state index is -0.676. The van der Waals surface area contributed by atoms with Gasteiger partial charge in [-0.3, -0.25) is 9.59 Å². The molecule has 1 saturated heterocycles. The molecule has 1 aromatic heterocycles. The third kappa shape index (κ3) is 3.60. The van der Waals surface area contributed by atoms with E-state index >= 15 is 0 Å². The molecule has 0 atom stereocenters. The van der Waals surface area contributed by atoms with Crippen molar-refractivity contribution in [3.8, 4) is 0 Å². The van der Waals surface area contributed by atoms with Crippen LogP contribution in [0.3, 0.4) is 0 Å². The smallest absolute Gasteiger partial charge is 0.349 e. The summed E-state index contributed by atoms with van der Waals surface area (Å²) in [7, 11) is 0. The van der Waals surface area contributed by atoms with Gasteiger partial charge in [-0.05, 0) is 36.2 Å². The number of fused-ring (bicyclic) bond motifs is 1. The lowest BCUT2D eigenvalue weighted by Gasteiger charge is -2.16. The highest BCUT2D eigenvalue weighted by molar-refractivity contribution is 6.05. The van der Waals surface area contributed by atoms with Crippen LogP contribution in [0, 0.1) is 0 Å². The number of hydrogen-bond acceptors (Lipinski definition) is 4. The summed E-state index contributed by atoms with van der Waals surface area (Å²) in [5.74, 6) is -0.373. The zero-order valence-electron chi connectivity index (χ0n) is 14.6. The number of rotatable bonds is 4. The topological polar surface area (TPSA) is 79.6 Å². The van der Waals surface area contributed by atoms with Crippen molar-refractivity contribution in [2.75, 3.05) is 11.9 Å². The summed E-state index contributed by atoms with van der Waals surface area (Å²) in [4.78, 5) is 38.3. The first-order chi connectivity index (χ1) is 13.1. The Balaban J connectivity index is 1.54. The van der Waals surface area contributed by atoms with Gasteiger partial charge in [0.05, 0.1) is 0 Å². The Kier molecular flexibility index (Phi) is 4.46. The number of nitrogens with one attached hydrogen (secondary N) is 1. The highest BCUT2D eigenvalue weighted by Gasteiger charge is 2.20. The summed E-state index contributed by atoms with van der Waals surface area (Å²) >= 11 is 0. The van der Waals surface area contributed by atoms with E-state index in [1.165, 1.54) is 6.07 Å². The average Bonchev–Trinajstić information content (AvgIpc) is 3.06. The SMILES string of the molecule is O=C(Nc1cccc(CN2CCCC2=O)c1)c1cc2ccccc2oc1=O. The normalized spacial score (nSPS) is 13.9. The maximum Gasteiger partial charge on any atom is 0.349 e. The lowest BCUT2D eigenvalue weighted by Crippen LogP contribution is -2.24. The predicted molar refractivity (Wildman–Crippen MR) is 102 cm³/mol. The minimum absolute atomic E-state index is 0.0474. The zero-order chi connectivity index (χ0) is 18.8. The molecule has 1 aliphatic rings. The summed E-state index contributed by atoms with van der Waals surface area (Å²) < 4.78 is 5.22. The molecule has 3 aromatic rings. The number of likely N-dealkylation sites (tertiary alicyclic amines) is 1. The first-order valence-electron chi connectivity index (χ1n) is 8.81. The first-order valence-corrected chi connectivity index (χ1v) is 8.81. The summed E-state index contributed by atoms with van der Waals surface area (Å²) in [5.41, 5.74) is 1.21. The van der Waals surface area contributed by atoms with Gasteiger partial charge >= 0.3 is 5.63 Å². The molecule has 0 bridgehead atoms. The van der Waals surface area contributed by atoms with Gasteiger partial charge in [0.2, 0.25) is 5.91 Å². The van der Waals surface area contributed by atoms with E-state index in [4.69, 9.17) is 4.42 Å². The number of para-hydroxylation sites is 1. The number of carbonyl (C=O) groups excluding carboxylic acids is 2. The van der Waals surface area contributed by atoms with Gasteiger partial charge < -0.3 is 14.6 Å². The minimum Gasteiger partial charge on any atom is -0.422 e. The van der Waals surface area contributed by atoms with Crippen LogP contribution >= 0.6 is 0 Å². The van der Waals surface area contributed by atoms with Crippen LogP contribution in [0.15, 0.2) is 63.8 Å². The second-order valence-electron chi connectivity index (χ2n) is 6.56. The summed E-state index contributed by atoms with van der Waals surface area (Å²) in [6.07, 6.45) is 1.47. The molecule has 136 valence electrons. The van der Waals surface area contributed by atoms with Gasteiger partial charge in [-0.15, -0.1) is 0 Å². The highest BCUT2D eigenvalue weighted by Crippen LogP contribution is 2.18. The van der Waals surface area contributed by atoms with Crippen molar-refractivity contribution in [1.82, 2.24) is 4.90 Å². The summed E-state index contributed by atoms with van der Waals surface area (Å²) in [5, 5.41) is 3.42. The molecule has 4 rings (SSSR count). The molecule has 6 nitrogen and oxygen atoms in total. The van der Waals surface area contributed by atoms with Crippen LogP contribution in [0.1, 0.15) is 28.8 Å². The molecule has 0 saturated carbocycles.